The first-order valence-corrected chi connectivity index (χ1v) is 8.13. The lowest BCUT2D eigenvalue weighted by molar-refractivity contribution is 0.0777. The van der Waals surface area contributed by atoms with E-state index in [9.17, 15) is 9.59 Å². The van der Waals surface area contributed by atoms with Crippen LogP contribution in [0, 0.1) is 6.92 Å². The molecule has 2 aromatic heterocycles. The molecule has 5 nitrogen and oxygen atoms in total. The highest BCUT2D eigenvalue weighted by Gasteiger charge is 2.28. The standard InChI is InChI=1S/C16H17N3O2S/c1-11-9-22-10-13(11)15(20)18-12-5-7-19(8-12)16(21)14-4-2-3-6-17-14/h2-4,6,9-10,12H,5,7-8H2,1H3,(H,18,20)/t12-/m1/s1. The van der Waals surface area contributed by atoms with E-state index in [-0.39, 0.29) is 17.9 Å². The molecule has 0 bridgehead atoms. The first kappa shape index (κ1) is 14.7. The van der Waals surface area contributed by atoms with Crippen LogP contribution in [-0.2, 0) is 0 Å². The number of carbonyl (C=O) groups is 2. The van der Waals surface area contributed by atoms with Crippen LogP contribution in [0.5, 0.6) is 0 Å². The number of nitrogens with zero attached hydrogens (tertiary/aromatic N) is 2. The van der Waals surface area contributed by atoms with Crippen LogP contribution >= 0.6 is 11.3 Å². The van der Waals surface area contributed by atoms with Gasteiger partial charge in [-0.25, -0.2) is 0 Å². The van der Waals surface area contributed by atoms with Gasteiger partial charge in [-0.1, -0.05) is 6.07 Å². The van der Waals surface area contributed by atoms with Gasteiger partial charge in [0.1, 0.15) is 5.69 Å². The summed E-state index contributed by atoms with van der Waals surface area (Å²) in [4.78, 5) is 30.4. The van der Waals surface area contributed by atoms with Crippen molar-refractivity contribution < 1.29 is 9.59 Å². The van der Waals surface area contributed by atoms with Gasteiger partial charge >= 0.3 is 0 Å². The van der Waals surface area contributed by atoms with E-state index >= 15 is 0 Å². The highest BCUT2D eigenvalue weighted by molar-refractivity contribution is 7.08. The summed E-state index contributed by atoms with van der Waals surface area (Å²) in [5, 5.41) is 6.83. The number of likely N-dealkylation sites (tertiary alicyclic amines) is 1. The zero-order chi connectivity index (χ0) is 15.5. The largest absolute Gasteiger partial charge is 0.347 e. The van der Waals surface area contributed by atoms with Crippen molar-refractivity contribution in [2.75, 3.05) is 13.1 Å². The third-order valence-corrected chi connectivity index (χ3v) is 4.66. The molecule has 0 radical (unpaired) electrons. The van der Waals surface area contributed by atoms with Crippen molar-refractivity contribution in [1.29, 1.82) is 0 Å². The van der Waals surface area contributed by atoms with Crippen LogP contribution < -0.4 is 5.32 Å². The van der Waals surface area contributed by atoms with E-state index in [1.807, 2.05) is 17.7 Å². The highest BCUT2D eigenvalue weighted by atomic mass is 32.1. The summed E-state index contributed by atoms with van der Waals surface area (Å²) in [6, 6.07) is 5.30. The van der Waals surface area contributed by atoms with Gasteiger partial charge in [0.25, 0.3) is 11.8 Å². The number of aromatic nitrogens is 1. The van der Waals surface area contributed by atoms with Gasteiger partial charge in [0.15, 0.2) is 0 Å². The van der Waals surface area contributed by atoms with E-state index in [1.54, 1.807) is 29.3 Å². The molecule has 6 heteroatoms. The second-order valence-electron chi connectivity index (χ2n) is 5.39. The molecule has 3 heterocycles. The maximum Gasteiger partial charge on any atom is 0.272 e. The van der Waals surface area contributed by atoms with Crippen molar-refractivity contribution in [2.45, 2.75) is 19.4 Å². The monoisotopic (exact) mass is 315 g/mol. The van der Waals surface area contributed by atoms with Crippen molar-refractivity contribution in [2.24, 2.45) is 0 Å². The van der Waals surface area contributed by atoms with E-state index in [4.69, 9.17) is 0 Å². The van der Waals surface area contributed by atoms with Crippen LogP contribution in [0.15, 0.2) is 35.2 Å². The third-order valence-electron chi connectivity index (χ3n) is 3.79. The molecule has 0 aliphatic carbocycles. The minimum atomic E-state index is -0.0796. The molecule has 2 amide bonds. The number of hydrogen-bond acceptors (Lipinski definition) is 4. The SMILES string of the molecule is Cc1cscc1C(=O)N[C@@H]1CCN(C(=O)c2ccccn2)C1. The third kappa shape index (κ3) is 3.01. The van der Waals surface area contributed by atoms with Crippen molar-refractivity contribution in [3.8, 4) is 0 Å². The summed E-state index contributed by atoms with van der Waals surface area (Å²) < 4.78 is 0. The summed E-state index contributed by atoms with van der Waals surface area (Å²) in [6.07, 6.45) is 2.38. The van der Waals surface area contributed by atoms with Crippen LogP contribution in [0.25, 0.3) is 0 Å². The van der Waals surface area contributed by atoms with Gasteiger partial charge in [-0.2, -0.15) is 11.3 Å². The molecule has 1 fully saturated rings. The van der Waals surface area contributed by atoms with Crippen LogP contribution in [0.1, 0.15) is 32.8 Å². The Balaban J connectivity index is 1.60. The van der Waals surface area contributed by atoms with Gasteiger partial charge in [0.2, 0.25) is 0 Å². The molecule has 1 saturated heterocycles. The fraction of sp³-hybridized carbons (Fsp3) is 0.312. The predicted molar refractivity (Wildman–Crippen MR) is 85.1 cm³/mol. The molecule has 3 rings (SSSR count). The van der Waals surface area contributed by atoms with Gasteiger partial charge in [-0.3, -0.25) is 14.6 Å². The summed E-state index contributed by atoms with van der Waals surface area (Å²) in [7, 11) is 0. The summed E-state index contributed by atoms with van der Waals surface area (Å²) in [5.41, 5.74) is 2.16. The number of aryl methyl sites for hydroxylation is 1. The maximum absolute atomic E-state index is 12.3. The quantitative estimate of drug-likeness (QED) is 0.943. The number of hydrogen-bond donors (Lipinski definition) is 1. The number of carbonyl (C=O) groups excluding carboxylic acids is 2. The van der Waals surface area contributed by atoms with E-state index in [2.05, 4.69) is 10.3 Å². The first-order valence-electron chi connectivity index (χ1n) is 7.19. The molecule has 1 N–H and O–H groups in total. The zero-order valence-corrected chi connectivity index (χ0v) is 13.1. The fourth-order valence-corrected chi connectivity index (χ4v) is 3.40. The molecule has 1 atom stereocenters. The lowest BCUT2D eigenvalue weighted by Gasteiger charge is -2.16. The molecule has 2 aromatic rings. The van der Waals surface area contributed by atoms with Crippen LogP contribution in [0.2, 0.25) is 0 Å². The van der Waals surface area contributed by atoms with E-state index in [1.165, 1.54) is 11.3 Å². The lowest BCUT2D eigenvalue weighted by Crippen LogP contribution is -2.38. The number of amides is 2. The van der Waals surface area contributed by atoms with Gasteiger partial charge in [0, 0.05) is 30.7 Å². The minimum absolute atomic E-state index is 0.000498. The smallest absolute Gasteiger partial charge is 0.272 e. The van der Waals surface area contributed by atoms with Crippen molar-refractivity contribution >= 4 is 23.2 Å². The summed E-state index contributed by atoms with van der Waals surface area (Å²) in [5.74, 6) is -0.139. The Kier molecular flexibility index (Phi) is 4.20. The van der Waals surface area contributed by atoms with Gasteiger partial charge in [0.05, 0.1) is 5.56 Å². The topological polar surface area (TPSA) is 62.3 Å². The molecule has 1 aliphatic heterocycles. The number of nitrogens with one attached hydrogen (secondary N) is 1. The Morgan fingerprint density at radius 3 is 2.91 bits per heavy atom. The Morgan fingerprint density at radius 1 is 1.36 bits per heavy atom. The Morgan fingerprint density at radius 2 is 2.23 bits per heavy atom. The molecular formula is C16H17N3O2S. The molecule has 1 aliphatic rings. The normalized spacial score (nSPS) is 17.5. The second-order valence-corrected chi connectivity index (χ2v) is 6.14. The Bertz CT molecular complexity index is 684. The van der Waals surface area contributed by atoms with Gasteiger partial charge in [-0.15, -0.1) is 0 Å². The maximum atomic E-state index is 12.3. The molecule has 22 heavy (non-hydrogen) atoms. The minimum Gasteiger partial charge on any atom is -0.347 e. The average molecular weight is 315 g/mol. The zero-order valence-electron chi connectivity index (χ0n) is 12.3. The predicted octanol–water partition coefficient (Wildman–Crippen LogP) is 2.10. The Hall–Kier alpha value is -2.21. The lowest BCUT2D eigenvalue weighted by atomic mass is 10.2. The molecule has 0 unspecified atom stereocenters. The molecule has 114 valence electrons. The second kappa shape index (κ2) is 6.27. The molecule has 0 saturated carbocycles. The van der Waals surface area contributed by atoms with E-state index in [0.717, 1.165) is 17.5 Å². The Labute approximate surface area is 133 Å². The summed E-state index contributed by atoms with van der Waals surface area (Å²) in [6.45, 7) is 3.10. The van der Waals surface area contributed by atoms with Crippen molar-refractivity contribution in [3.05, 3.63) is 52.0 Å². The molecular weight excluding hydrogens is 298 g/mol. The van der Waals surface area contributed by atoms with Crippen LogP contribution in [-0.4, -0.2) is 40.8 Å². The van der Waals surface area contributed by atoms with E-state index < -0.39 is 0 Å². The van der Waals surface area contributed by atoms with Gasteiger partial charge in [-0.05, 0) is 36.4 Å². The highest BCUT2D eigenvalue weighted by Crippen LogP contribution is 2.16. The number of pyridine rings is 1. The van der Waals surface area contributed by atoms with Crippen molar-refractivity contribution in [1.82, 2.24) is 15.2 Å². The van der Waals surface area contributed by atoms with Crippen LogP contribution in [0.4, 0.5) is 0 Å². The van der Waals surface area contributed by atoms with Gasteiger partial charge < -0.3 is 10.2 Å². The number of rotatable bonds is 3. The van der Waals surface area contributed by atoms with Crippen molar-refractivity contribution in [3.63, 3.8) is 0 Å². The molecule has 0 spiro atoms. The molecule has 0 aromatic carbocycles. The summed E-state index contributed by atoms with van der Waals surface area (Å²) >= 11 is 1.52. The van der Waals surface area contributed by atoms with E-state index in [0.29, 0.717) is 18.8 Å². The fourth-order valence-electron chi connectivity index (χ4n) is 2.57. The first-order chi connectivity index (χ1) is 10.6. The average Bonchev–Trinajstić information content (AvgIpc) is 3.16. The number of thiophene rings is 1. The van der Waals surface area contributed by atoms with Crippen LogP contribution in [0.3, 0.4) is 0 Å².